The number of aromatic nitrogens is 4. The zero-order valence-electron chi connectivity index (χ0n) is 21.4. The fraction of sp³-hybridized carbons (Fsp3) is 0.375. The number of aryl methyl sites for hydroxylation is 1. The van der Waals surface area contributed by atoms with Crippen molar-refractivity contribution in [1.82, 2.24) is 24.0 Å². The molecule has 0 spiro atoms. The van der Waals surface area contributed by atoms with Crippen LogP contribution in [0, 0.1) is 0 Å². The maximum Gasteiger partial charge on any atom is 0.490 e. The van der Waals surface area contributed by atoms with Gasteiger partial charge in [0.1, 0.15) is 0 Å². The summed E-state index contributed by atoms with van der Waals surface area (Å²) in [6, 6.07) is 7.43. The summed E-state index contributed by atoms with van der Waals surface area (Å²) in [6.45, 7) is 5.01. The first kappa shape index (κ1) is 29.2. The highest BCUT2D eigenvalue weighted by Gasteiger charge is 2.38. The molecule has 0 aliphatic carbocycles. The van der Waals surface area contributed by atoms with E-state index in [1.54, 1.807) is 24.6 Å². The largest absolute Gasteiger partial charge is 0.490 e. The Hall–Kier alpha value is -4.40. The quantitative estimate of drug-likeness (QED) is 0.351. The number of hydrogen-bond donors (Lipinski definition) is 2. The first-order valence-electron chi connectivity index (χ1n) is 11.8. The van der Waals surface area contributed by atoms with Crippen LogP contribution in [0.1, 0.15) is 12.5 Å². The lowest BCUT2D eigenvalue weighted by Crippen LogP contribution is -2.44. The number of nitrogens with one attached hydrogen (secondary N) is 1. The number of alkyl halides is 3. The molecule has 0 saturated carbocycles. The van der Waals surface area contributed by atoms with Crippen molar-refractivity contribution in [1.29, 1.82) is 0 Å². The van der Waals surface area contributed by atoms with E-state index in [1.807, 2.05) is 24.3 Å². The monoisotopic (exact) mass is 552 g/mol. The van der Waals surface area contributed by atoms with Gasteiger partial charge < -0.3 is 20.1 Å². The highest BCUT2D eigenvalue weighted by molar-refractivity contribution is 5.88. The molecule has 0 amide bonds. The third-order valence-corrected chi connectivity index (χ3v) is 5.75. The van der Waals surface area contributed by atoms with Crippen LogP contribution in [0.4, 0.5) is 19.1 Å². The number of para-hydroxylation sites is 1. The van der Waals surface area contributed by atoms with Gasteiger partial charge in [0.25, 0.3) is 5.56 Å². The molecule has 4 rings (SSSR count). The van der Waals surface area contributed by atoms with Crippen molar-refractivity contribution in [3.05, 3.63) is 56.7 Å². The molecule has 3 aromatic rings. The molecule has 0 bridgehead atoms. The molecule has 1 saturated heterocycles. The molecule has 39 heavy (non-hydrogen) atoms. The molecule has 2 aromatic heterocycles. The summed E-state index contributed by atoms with van der Waals surface area (Å²) >= 11 is 0. The van der Waals surface area contributed by atoms with Crippen molar-refractivity contribution < 1.29 is 32.6 Å². The number of piperazine rings is 1. The number of hydrogen-bond acceptors (Lipinski definition) is 8. The van der Waals surface area contributed by atoms with Crippen molar-refractivity contribution in [2.24, 2.45) is 14.1 Å². The second kappa shape index (κ2) is 12.0. The molecular weight excluding hydrogens is 525 g/mol. The number of carboxylic acids is 1. The second-order valence-corrected chi connectivity index (χ2v) is 8.31. The van der Waals surface area contributed by atoms with Gasteiger partial charge in [-0.15, -0.1) is 0 Å². The van der Waals surface area contributed by atoms with Gasteiger partial charge in [0, 0.05) is 46.4 Å². The number of nitrogens with zero attached hydrogens (tertiary/aromatic N) is 5. The Bertz CT molecular complexity index is 1520. The van der Waals surface area contributed by atoms with Gasteiger partial charge >= 0.3 is 23.8 Å². The third kappa shape index (κ3) is 6.37. The van der Waals surface area contributed by atoms with E-state index < -0.39 is 29.4 Å². The van der Waals surface area contributed by atoms with Crippen LogP contribution in [-0.4, -0.2) is 74.7 Å². The Morgan fingerprint density at radius 2 is 1.74 bits per heavy atom. The molecular formula is C24H27F3N6O6. The zero-order valence-corrected chi connectivity index (χ0v) is 21.4. The van der Waals surface area contributed by atoms with E-state index in [0.717, 1.165) is 17.7 Å². The molecule has 1 aliphatic heterocycles. The average Bonchev–Trinajstić information content (AvgIpc) is 3.31. The number of esters is 1. The minimum absolute atomic E-state index is 0.286. The van der Waals surface area contributed by atoms with Crippen molar-refractivity contribution in [3.8, 4) is 5.69 Å². The summed E-state index contributed by atoms with van der Waals surface area (Å²) in [7, 11) is 3.06. The Labute approximate surface area is 219 Å². The number of carbonyl (C=O) groups is 2. The fourth-order valence-electron chi connectivity index (χ4n) is 3.87. The SMILES string of the molecule is CCOC(=O)C=Cc1ccccc1-n1c(N2CCNCC2)nc2c1c(=O)n(C)c(=O)n2C.O=C(O)C(F)(F)F. The molecule has 15 heteroatoms. The summed E-state index contributed by atoms with van der Waals surface area (Å²) in [5, 5.41) is 10.4. The minimum Gasteiger partial charge on any atom is -0.475 e. The van der Waals surface area contributed by atoms with E-state index in [2.05, 4.69) is 10.2 Å². The van der Waals surface area contributed by atoms with E-state index in [-0.39, 0.29) is 6.61 Å². The van der Waals surface area contributed by atoms with Crippen LogP contribution in [0.5, 0.6) is 0 Å². The number of carbonyl (C=O) groups excluding carboxylic acids is 1. The van der Waals surface area contributed by atoms with Crippen LogP contribution in [0.3, 0.4) is 0 Å². The number of benzene rings is 1. The zero-order chi connectivity index (χ0) is 28.9. The molecule has 210 valence electrons. The predicted molar refractivity (Wildman–Crippen MR) is 136 cm³/mol. The summed E-state index contributed by atoms with van der Waals surface area (Å²) < 4.78 is 41.0. The topological polar surface area (TPSA) is 141 Å². The van der Waals surface area contributed by atoms with Crippen molar-refractivity contribution >= 4 is 35.1 Å². The summed E-state index contributed by atoms with van der Waals surface area (Å²) in [6.07, 6.45) is -2.06. The van der Waals surface area contributed by atoms with Crippen LogP contribution in [0.2, 0.25) is 0 Å². The van der Waals surface area contributed by atoms with Gasteiger partial charge in [-0.1, -0.05) is 18.2 Å². The Kier molecular flexibility index (Phi) is 8.96. The number of aliphatic carboxylic acids is 1. The first-order chi connectivity index (χ1) is 18.4. The molecule has 1 aliphatic rings. The smallest absolute Gasteiger partial charge is 0.475 e. The maximum atomic E-state index is 13.2. The first-order valence-corrected chi connectivity index (χ1v) is 11.8. The minimum atomic E-state index is -5.08. The van der Waals surface area contributed by atoms with Gasteiger partial charge in [0.2, 0.25) is 5.95 Å². The lowest BCUT2D eigenvalue weighted by atomic mass is 10.1. The van der Waals surface area contributed by atoms with Crippen molar-refractivity contribution in [2.75, 3.05) is 37.7 Å². The van der Waals surface area contributed by atoms with E-state index in [1.165, 1.54) is 17.7 Å². The van der Waals surface area contributed by atoms with E-state index in [0.29, 0.717) is 41.5 Å². The highest BCUT2D eigenvalue weighted by atomic mass is 19.4. The van der Waals surface area contributed by atoms with E-state index in [9.17, 15) is 27.6 Å². The van der Waals surface area contributed by atoms with Crippen molar-refractivity contribution in [3.63, 3.8) is 0 Å². The Morgan fingerprint density at radius 1 is 1.13 bits per heavy atom. The van der Waals surface area contributed by atoms with Gasteiger partial charge in [0.05, 0.1) is 12.3 Å². The van der Waals surface area contributed by atoms with Crippen LogP contribution >= 0.6 is 0 Å². The molecule has 0 unspecified atom stereocenters. The molecule has 1 fully saturated rings. The van der Waals surface area contributed by atoms with Crippen molar-refractivity contribution in [2.45, 2.75) is 13.1 Å². The van der Waals surface area contributed by atoms with E-state index >= 15 is 0 Å². The van der Waals surface area contributed by atoms with E-state index in [4.69, 9.17) is 19.6 Å². The van der Waals surface area contributed by atoms with Gasteiger partial charge in [0.15, 0.2) is 11.2 Å². The number of carboxylic acid groups (broad SMARTS) is 1. The third-order valence-electron chi connectivity index (χ3n) is 5.75. The molecule has 3 heterocycles. The summed E-state index contributed by atoms with van der Waals surface area (Å²) in [5.41, 5.74) is 1.15. The normalized spacial score (nSPS) is 13.8. The van der Waals surface area contributed by atoms with Gasteiger partial charge in [-0.3, -0.25) is 18.5 Å². The number of halogens is 3. The predicted octanol–water partition coefficient (Wildman–Crippen LogP) is 1.04. The van der Waals surface area contributed by atoms with Crippen LogP contribution in [0.25, 0.3) is 22.9 Å². The number of fused-ring (bicyclic) bond motifs is 1. The molecule has 12 nitrogen and oxygen atoms in total. The molecule has 0 radical (unpaired) electrons. The summed E-state index contributed by atoms with van der Waals surface area (Å²) in [4.78, 5) is 53.4. The fourth-order valence-corrected chi connectivity index (χ4v) is 3.87. The van der Waals surface area contributed by atoms with Gasteiger partial charge in [-0.25, -0.2) is 14.4 Å². The standard InChI is InChI=1S/C22H26N6O4.C2HF3O2/c1-4-32-17(29)10-9-15-7-5-6-8-16(15)28-18-19(25(2)22(31)26(3)20(18)30)24-21(28)27-13-11-23-12-14-27;3-2(4,5)1(6)7/h5-10,23H,4,11-14H2,1-3H3;(H,6,7). The van der Waals surface area contributed by atoms with Gasteiger partial charge in [-0.05, 0) is 24.6 Å². The number of anilines is 1. The number of ether oxygens (including phenoxy) is 1. The van der Waals surface area contributed by atoms with Gasteiger partial charge in [-0.2, -0.15) is 18.2 Å². The number of imidazole rings is 1. The Balaban J connectivity index is 0.000000532. The maximum absolute atomic E-state index is 13.2. The molecule has 1 aromatic carbocycles. The highest BCUT2D eigenvalue weighted by Crippen LogP contribution is 2.28. The lowest BCUT2D eigenvalue weighted by molar-refractivity contribution is -0.192. The van der Waals surface area contributed by atoms with Crippen LogP contribution in [-0.2, 0) is 28.4 Å². The average molecular weight is 553 g/mol. The second-order valence-electron chi connectivity index (χ2n) is 8.31. The molecule has 0 atom stereocenters. The summed E-state index contributed by atoms with van der Waals surface area (Å²) in [5.74, 6) is -2.62. The Morgan fingerprint density at radius 3 is 2.33 bits per heavy atom. The van der Waals surface area contributed by atoms with Crippen LogP contribution < -0.4 is 21.5 Å². The molecule has 2 N–H and O–H groups in total. The number of rotatable bonds is 5. The lowest BCUT2D eigenvalue weighted by Gasteiger charge is -2.29. The van der Waals surface area contributed by atoms with Crippen LogP contribution in [0.15, 0.2) is 39.9 Å².